The van der Waals surface area contributed by atoms with Gasteiger partial charge >= 0.3 is 0 Å². The lowest BCUT2D eigenvalue weighted by atomic mass is 10.1. The predicted octanol–water partition coefficient (Wildman–Crippen LogP) is 4.05. The van der Waals surface area contributed by atoms with E-state index in [1.807, 2.05) is 72.8 Å². The summed E-state index contributed by atoms with van der Waals surface area (Å²) in [4.78, 5) is 25.7. The number of aromatic nitrogens is 7. The van der Waals surface area contributed by atoms with Gasteiger partial charge in [0.05, 0.1) is 22.9 Å². The van der Waals surface area contributed by atoms with Crippen LogP contribution in [0.1, 0.15) is 10.5 Å². The SMILES string of the molecule is O=C(Nc1cccc(-c2ccc3nnc(-c4cccnc4)n3n2)c1)c1cnc2ccccc2n1. The largest absolute Gasteiger partial charge is 0.321 e. The van der Waals surface area contributed by atoms with Crippen molar-refractivity contribution in [1.29, 1.82) is 0 Å². The quantitative estimate of drug-likeness (QED) is 0.437. The van der Waals surface area contributed by atoms with Crippen LogP contribution in [-0.4, -0.2) is 40.7 Å². The van der Waals surface area contributed by atoms with Crippen LogP contribution < -0.4 is 5.32 Å². The molecule has 0 saturated carbocycles. The van der Waals surface area contributed by atoms with Gasteiger partial charge in [0, 0.05) is 29.2 Å². The molecule has 0 saturated heterocycles. The Morgan fingerprint density at radius 1 is 0.824 bits per heavy atom. The maximum Gasteiger partial charge on any atom is 0.275 e. The van der Waals surface area contributed by atoms with Crippen LogP contribution in [0.5, 0.6) is 0 Å². The molecule has 0 unspecified atom stereocenters. The summed E-state index contributed by atoms with van der Waals surface area (Å²) < 4.78 is 1.68. The van der Waals surface area contributed by atoms with E-state index < -0.39 is 0 Å². The molecule has 0 radical (unpaired) electrons. The number of carbonyl (C=O) groups excluding carboxylic acids is 1. The number of benzene rings is 2. The van der Waals surface area contributed by atoms with E-state index in [4.69, 9.17) is 5.10 Å². The third-order valence-corrected chi connectivity index (χ3v) is 5.28. The summed E-state index contributed by atoms with van der Waals surface area (Å²) in [6.07, 6.45) is 4.90. The molecule has 4 heterocycles. The van der Waals surface area contributed by atoms with Crippen molar-refractivity contribution in [3.63, 3.8) is 0 Å². The number of nitrogens with one attached hydrogen (secondary N) is 1. The molecule has 0 bridgehead atoms. The Labute approximate surface area is 193 Å². The van der Waals surface area contributed by atoms with Crippen LogP contribution in [-0.2, 0) is 0 Å². The number of amides is 1. The Balaban J connectivity index is 1.31. The molecule has 9 nitrogen and oxygen atoms in total. The van der Waals surface area contributed by atoms with Crippen LogP contribution in [0.4, 0.5) is 5.69 Å². The smallest absolute Gasteiger partial charge is 0.275 e. The van der Waals surface area contributed by atoms with Gasteiger partial charge in [-0.25, -0.2) is 4.98 Å². The summed E-state index contributed by atoms with van der Waals surface area (Å²) in [7, 11) is 0. The van der Waals surface area contributed by atoms with Gasteiger partial charge in [0.1, 0.15) is 5.69 Å². The van der Waals surface area contributed by atoms with Gasteiger partial charge in [0.15, 0.2) is 11.5 Å². The molecular formula is C25H16N8O. The van der Waals surface area contributed by atoms with Gasteiger partial charge in [-0.15, -0.1) is 10.2 Å². The van der Waals surface area contributed by atoms with Crippen molar-refractivity contribution in [3.8, 4) is 22.6 Å². The van der Waals surface area contributed by atoms with Gasteiger partial charge in [0.2, 0.25) is 0 Å². The van der Waals surface area contributed by atoms with Crippen LogP contribution in [0.15, 0.2) is 91.4 Å². The predicted molar refractivity (Wildman–Crippen MR) is 127 cm³/mol. The van der Waals surface area contributed by atoms with Crippen LogP contribution in [0.2, 0.25) is 0 Å². The first kappa shape index (κ1) is 19.6. The first-order chi connectivity index (χ1) is 16.7. The van der Waals surface area contributed by atoms with Crippen molar-refractivity contribution in [2.24, 2.45) is 0 Å². The summed E-state index contributed by atoms with van der Waals surface area (Å²) in [6.45, 7) is 0. The molecule has 0 aliphatic carbocycles. The van der Waals surface area contributed by atoms with Crippen LogP contribution >= 0.6 is 0 Å². The number of hydrogen-bond acceptors (Lipinski definition) is 7. The third-order valence-electron chi connectivity index (χ3n) is 5.28. The number of nitrogens with zero attached hydrogens (tertiary/aromatic N) is 7. The molecule has 9 heteroatoms. The number of anilines is 1. The lowest BCUT2D eigenvalue weighted by molar-refractivity contribution is 0.102. The minimum Gasteiger partial charge on any atom is -0.321 e. The fourth-order valence-corrected chi connectivity index (χ4v) is 3.64. The molecule has 6 rings (SSSR count). The van der Waals surface area contributed by atoms with Crippen molar-refractivity contribution in [1.82, 2.24) is 34.8 Å². The molecule has 34 heavy (non-hydrogen) atoms. The molecule has 162 valence electrons. The van der Waals surface area contributed by atoms with Crippen molar-refractivity contribution in [2.45, 2.75) is 0 Å². The maximum atomic E-state index is 12.8. The first-order valence-electron chi connectivity index (χ1n) is 10.5. The molecule has 4 aromatic heterocycles. The number of rotatable bonds is 4. The van der Waals surface area contributed by atoms with E-state index in [0.717, 1.165) is 16.6 Å². The van der Waals surface area contributed by atoms with Crippen molar-refractivity contribution < 1.29 is 4.79 Å². The summed E-state index contributed by atoms with van der Waals surface area (Å²) >= 11 is 0. The topological polar surface area (TPSA) is 111 Å². The highest BCUT2D eigenvalue weighted by Gasteiger charge is 2.13. The molecule has 1 amide bonds. The average molecular weight is 444 g/mol. The van der Waals surface area contributed by atoms with Gasteiger partial charge in [-0.05, 0) is 48.5 Å². The van der Waals surface area contributed by atoms with E-state index in [9.17, 15) is 4.79 Å². The second-order valence-corrected chi connectivity index (χ2v) is 7.53. The molecule has 2 aromatic carbocycles. The normalized spacial score (nSPS) is 11.1. The molecule has 0 aliphatic heterocycles. The minimum absolute atomic E-state index is 0.245. The Hall–Kier alpha value is -5.05. The summed E-state index contributed by atoms with van der Waals surface area (Å²) in [5.74, 6) is 0.265. The zero-order valence-corrected chi connectivity index (χ0v) is 17.7. The highest BCUT2D eigenvalue weighted by molar-refractivity contribution is 6.03. The molecule has 0 aliphatic rings. The van der Waals surface area contributed by atoms with Crippen LogP contribution in [0.3, 0.4) is 0 Å². The van der Waals surface area contributed by atoms with E-state index in [1.54, 1.807) is 16.9 Å². The lowest BCUT2D eigenvalue weighted by Gasteiger charge is -2.08. The lowest BCUT2D eigenvalue weighted by Crippen LogP contribution is -2.14. The fourth-order valence-electron chi connectivity index (χ4n) is 3.64. The minimum atomic E-state index is -0.337. The second kappa shape index (κ2) is 8.14. The van der Waals surface area contributed by atoms with E-state index in [2.05, 4.69) is 30.5 Å². The molecule has 1 N–H and O–H groups in total. The van der Waals surface area contributed by atoms with Gasteiger partial charge in [0.25, 0.3) is 5.91 Å². The zero-order chi connectivity index (χ0) is 22.9. The fraction of sp³-hybridized carbons (Fsp3) is 0. The van der Waals surface area contributed by atoms with Crippen LogP contribution in [0.25, 0.3) is 39.3 Å². The molecule has 0 atom stereocenters. The number of pyridine rings is 1. The summed E-state index contributed by atoms with van der Waals surface area (Å²) in [6, 6.07) is 22.3. The van der Waals surface area contributed by atoms with Crippen molar-refractivity contribution >= 4 is 28.3 Å². The Morgan fingerprint density at radius 3 is 2.59 bits per heavy atom. The van der Waals surface area contributed by atoms with Gasteiger partial charge in [-0.2, -0.15) is 9.61 Å². The molecule has 0 fully saturated rings. The van der Waals surface area contributed by atoms with Crippen molar-refractivity contribution in [3.05, 3.63) is 97.1 Å². The molecular weight excluding hydrogens is 428 g/mol. The Kier molecular flexibility index (Phi) is 4.70. The standard InChI is InChI=1S/C25H16N8O/c34-25(22-15-27-20-8-1-2-9-21(20)29-22)28-18-7-3-5-16(13-18)19-10-11-23-30-31-24(33(23)32-19)17-6-4-12-26-14-17/h1-15H,(H,28,34). The van der Waals surface area contributed by atoms with Crippen molar-refractivity contribution in [2.75, 3.05) is 5.32 Å². The maximum absolute atomic E-state index is 12.8. The molecule has 6 aromatic rings. The monoisotopic (exact) mass is 444 g/mol. The van der Waals surface area contributed by atoms with E-state index in [1.165, 1.54) is 6.20 Å². The second-order valence-electron chi connectivity index (χ2n) is 7.53. The highest BCUT2D eigenvalue weighted by atomic mass is 16.1. The Morgan fingerprint density at radius 2 is 1.71 bits per heavy atom. The number of para-hydroxylation sites is 2. The van der Waals surface area contributed by atoms with E-state index in [0.29, 0.717) is 28.4 Å². The number of carbonyl (C=O) groups is 1. The molecule has 0 spiro atoms. The first-order valence-corrected chi connectivity index (χ1v) is 10.5. The number of fused-ring (bicyclic) bond motifs is 2. The van der Waals surface area contributed by atoms with E-state index >= 15 is 0 Å². The highest BCUT2D eigenvalue weighted by Crippen LogP contribution is 2.23. The van der Waals surface area contributed by atoms with Crippen LogP contribution in [0, 0.1) is 0 Å². The van der Waals surface area contributed by atoms with E-state index in [-0.39, 0.29) is 11.6 Å². The average Bonchev–Trinajstić information content (AvgIpc) is 3.32. The Bertz CT molecular complexity index is 1660. The van der Waals surface area contributed by atoms with Gasteiger partial charge < -0.3 is 5.32 Å². The number of hydrogen-bond donors (Lipinski definition) is 1. The summed E-state index contributed by atoms with van der Waals surface area (Å²) in [5, 5.41) is 16.1. The van der Waals surface area contributed by atoms with Gasteiger partial charge in [-0.1, -0.05) is 24.3 Å². The zero-order valence-electron chi connectivity index (χ0n) is 17.7. The summed E-state index contributed by atoms with van der Waals surface area (Å²) in [5.41, 5.74) is 5.25. The van der Waals surface area contributed by atoms with Gasteiger partial charge in [-0.3, -0.25) is 14.8 Å². The third kappa shape index (κ3) is 3.61.